The molecule has 1 aliphatic carbocycles. The minimum atomic E-state index is -1.13. The molecule has 0 atom stereocenters. The number of amides is 2. The minimum Gasteiger partial charge on any atom is -0.496 e. The summed E-state index contributed by atoms with van der Waals surface area (Å²) >= 11 is 0. The predicted molar refractivity (Wildman–Crippen MR) is 143 cm³/mol. The number of nitrogens with zero attached hydrogens (tertiary/aromatic N) is 4. The van der Waals surface area contributed by atoms with Crippen LogP contribution in [-0.2, 0) is 4.79 Å². The van der Waals surface area contributed by atoms with Gasteiger partial charge in [-0.05, 0) is 42.7 Å². The number of alkyl halides is 1. The largest absolute Gasteiger partial charge is 0.496 e. The third-order valence-corrected chi connectivity index (χ3v) is 6.58. The van der Waals surface area contributed by atoms with Gasteiger partial charge in [0.2, 0.25) is 0 Å². The molecule has 0 unspecified atom stereocenters. The van der Waals surface area contributed by atoms with Gasteiger partial charge in [0.15, 0.2) is 11.6 Å². The van der Waals surface area contributed by atoms with Crippen molar-refractivity contribution in [3.05, 3.63) is 60.7 Å². The standard InChI is InChI=1S/C27H25F2N7O4/c1-13(28)26(37)33-16-5-7-18(21(11-16)40-3)23-22(24-25(30)31-12-32-36(24)35-23)14-4-6-19(20(8-14)39-2)27(38)34-17-9-15(29)10-17/h4-8,11-12,15,17H,1,9-10H2,2-3H3,(H,33,37)(H,34,38)(H2,30,31,32). The maximum absolute atomic E-state index is 13.2. The summed E-state index contributed by atoms with van der Waals surface area (Å²) in [5.74, 6) is -1.75. The van der Waals surface area contributed by atoms with Crippen molar-refractivity contribution in [3.63, 3.8) is 0 Å². The molecule has 40 heavy (non-hydrogen) atoms. The van der Waals surface area contributed by atoms with Crippen molar-refractivity contribution in [1.82, 2.24) is 25.1 Å². The number of nitrogens with one attached hydrogen (secondary N) is 2. The van der Waals surface area contributed by atoms with Crippen LogP contribution in [0.5, 0.6) is 11.5 Å². The smallest absolute Gasteiger partial charge is 0.283 e. The molecule has 0 aliphatic heterocycles. The van der Waals surface area contributed by atoms with Crippen LogP contribution in [0.15, 0.2) is 55.1 Å². The number of rotatable bonds is 8. The summed E-state index contributed by atoms with van der Waals surface area (Å²) in [4.78, 5) is 28.7. The zero-order valence-corrected chi connectivity index (χ0v) is 21.6. The second kappa shape index (κ2) is 10.6. The molecule has 11 nitrogen and oxygen atoms in total. The highest BCUT2D eigenvalue weighted by Gasteiger charge is 2.31. The van der Waals surface area contributed by atoms with E-state index in [1.807, 2.05) is 0 Å². The van der Waals surface area contributed by atoms with Crippen molar-refractivity contribution < 1.29 is 27.8 Å². The number of methoxy groups -OCH3 is 2. The van der Waals surface area contributed by atoms with E-state index in [-0.39, 0.29) is 47.6 Å². The topological polar surface area (TPSA) is 146 Å². The van der Waals surface area contributed by atoms with E-state index in [2.05, 4.69) is 32.4 Å². The van der Waals surface area contributed by atoms with Crippen LogP contribution in [0.4, 0.5) is 20.3 Å². The van der Waals surface area contributed by atoms with Crippen molar-refractivity contribution in [3.8, 4) is 33.9 Å². The molecule has 0 saturated heterocycles. The van der Waals surface area contributed by atoms with E-state index >= 15 is 0 Å². The average Bonchev–Trinajstić information content (AvgIpc) is 3.32. The van der Waals surface area contributed by atoms with Gasteiger partial charge in [-0.15, -0.1) is 14.8 Å². The molecular formula is C27H25F2N7O4. The van der Waals surface area contributed by atoms with Crippen molar-refractivity contribution in [1.29, 1.82) is 0 Å². The van der Waals surface area contributed by atoms with E-state index in [0.717, 1.165) is 0 Å². The Morgan fingerprint density at radius 2 is 1.88 bits per heavy atom. The Labute approximate surface area is 227 Å². The molecule has 2 aromatic heterocycles. The number of anilines is 2. The Bertz CT molecular complexity index is 1650. The number of hydrogen-bond acceptors (Lipinski definition) is 8. The highest BCUT2D eigenvalue weighted by molar-refractivity contribution is 6.03. The van der Waals surface area contributed by atoms with E-state index < -0.39 is 17.9 Å². The molecule has 0 radical (unpaired) electrons. The Morgan fingerprint density at radius 1 is 1.12 bits per heavy atom. The van der Waals surface area contributed by atoms with Gasteiger partial charge in [0.05, 0.1) is 19.8 Å². The van der Waals surface area contributed by atoms with Gasteiger partial charge >= 0.3 is 0 Å². The van der Waals surface area contributed by atoms with Gasteiger partial charge in [-0.3, -0.25) is 9.59 Å². The van der Waals surface area contributed by atoms with Gasteiger partial charge in [0.25, 0.3) is 11.8 Å². The first kappa shape index (κ1) is 26.5. The van der Waals surface area contributed by atoms with Gasteiger partial charge in [-0.2, -0.15) is 0 Å². The van der Waals surface area contributed by atoms with Gasteiger partial charge in [-0.25, -0.2) is 13.8 Å². The van der Waals surface area contributed by atoms with Gasteiger partial charge in [-0.1, -0.05) is 12.6 Å². The SMILES string of the molecule is C=C(F)C(=O)Nc1ccc(-c2nn3ncnc(N)c3c2-c2ccc(C(=O)NC3CC(F)C3)c(OC)c2)c(OC)c1. The fraction of sp³-hybridized carbons (Fsp3) is 0.222. The summed E-state index contributed by atoms with van der Waals surface area (Å²) in [5.41, 5.74) is 9.21. The number of carbonyl (C=O) groups is 2. The van der Waals surface area contributed by atoms with Gasteiger partial charge in [0.1, 0.15) is 35.2 Å². The maximum Gasteiger partial charge on any atom is 0.283 e. The molecule has 4 aromatic rings. The van der Waals surface area contributed by atoms with Crippen LogP contribution in [0.2, 0.25) is 0 Å². The molecule has 13 heteroatoms. The van der Waals surface area contributed by atoms with Crippen LogP contribution in [0.25, 0.3) is 27.9 Å². The molecular weight excluding hydrogens is 524 g/mol. The number of aromatic nitrogens is 4. The van der Waals surface area contributed by atoms with E-state index in [4.69, 9.17) is 15.2 Å². The Hall–Kier alpha value is -5.07. The van der Waals surface area contributed by atoms with Gasteiger partial charge < -0.3 is 25.8 Å². The molecule has 2 heterocycles. The molecule has 0 bridgehead atoms. The molecule has 5 rings (SSSR count). The van der Waals surface area contributed by atoms with E-state index in [9.17, 15) is 18.4 Å². The number of hydrogen-bond donors (Lipinski definition) is 3. The average molecular weight is 550 g/mol. The fourth-order valence-corrected chi connectivity index (χ4v) is 4.51. The molecule has 4 N–H and O–H groups in total. The molecule has 1 fully saturated rings. The molecule has 206 valence electrons. The normalized spacial score (nSPS) is 16.2. The van der Waals surface area contributed by atoms with E-state index in [0.29, 0.717) is 33.7 Å². The van der Waals surface area contributed by atoms with Crippen molar-refractivity contribution >= 4 is 28.8 Å². The lowest BCUT2D eigenvalue weighted by atomic mass is 9.90. The van der Waals surface area contributed by atoms with E-state index in [1.54, 1.807) is 30.3 Å². The van der Waals surface area contributed by atoms with Crippen LogP contribution >= 0.6 is 0 Å². The highest BCUT2D eigenvalue weighted by atomic mass is 19.1. The second-order valence-corrected chi connectivity index (χ2v) is 9.14. The summed E-state index contributed by atoms with van der Waals surface area (Å²) in [6, 6.07) is 9.44. The van der Waals surface area contributed by atoms with Crippen LogP contribution in [0.3, 0.4) is 0 Å². The molecule has 0 spiro atoms. The number of benzene rings is 2. The summed E-state index contributed by atoms with van der Waals surface area (Å²) < 4.78 is 38.9. The highest BCUT2D eigenvalue weighted by Crippen LogP contribution is 2.42. The second-order valence-electron chi connectivity index (χ2n) is 9.14. The first-order valence-corrected chi connectivity index (χ1v) is 12.2. The lowest BCUT2D eigenvalue weighted by molar-refractivity contribution is -0.114. The first-order valence-electron chi connectivity index (χ1n) is 12.2. The third kappa shape index (κ3) is 4.88. The quantitative estimate of drug-likeness (QED) is 0.282. The number of halogens is 2. The number of fused-ring (bicyclic) bond motifs is 1. The van der Waals surface area contributed by atoms with Crippen LogP contribution in [-0.4, -0.2) is 58.1 Å². The van der Waals surface area contributed by atoms with Crippen LogP contribution in [0, 0.1) is 0 Å². The predicted octanol–water partition coefficient (Wildman–Crippen LogP) is 3.71. The molecule has 1 aliphatic rings. The van der Waals surface area contributed by atoms with Crippen LogP contribution in [0.1, 0.15) is 23.2 Å². The zero-order valence-electron chi connectivity index (χ0n) is 21.6. The van der Waals surface area contributed by atoms with Crippen molar-refractivity contribution in [2.75, 3.05) is 25.3 Å². The minimum absolute atomic E-state index is 0.152. The summed E-state index contributed by atoms with van der Waals surface area (Å²) in [6.45, 7) is 2.99. The van der Waals surface area contributed by atoms with Crippen molar-refractivity contribution in [2.24, 2.45) is 0 Å². The Kier molecular flexibility index (Phi) is 7.03. The monoisotopic (exact) mass is 549 g/mol. The Morgan fingerprint density at radius 3 is 2.55 bits per heavy atom. The fourth-order valence-electron chi connectivity index (χ4n) is 4.51. The third-order valence-electron chi connectivity index (χ3n) is 6.58. The summed E-state index contributed by atoms with van der Waals surface area (Å²) in [6.07, 6.45) is 0.925. The number of nitrogen functional groups attached to an aromatic ring is 1. The first-order chi connectivity index (χ1) is 19.2. The lowest BCUT2D eigenvalue weighted by Crippen LogP contribution is -2.45. The molecule has 2 amide bonds. The lowest BCUT2D eigenvalue weighted by Gasteiger charge is -2.30. The van der Waals surface area contributed by atoms with Crippen molar-refractivity contribution in [2.45, 2.75) is 25.1 Å². The number of nitrogens with two attached hydrogens (primary N) is 1. The molecule has 1 saturated carbocycles. The maximum atomic E-state index is 13.2. The number of carbonyl (C=O) groups excluding carboxylic acids is 2. The molecule has 2 aromatic carbocycles. The van der Waals surface area contributed by atoms with Gasteiger partial charge in [0, 0.05) is 28.9 Å². The van der Waals surface area contributed by atoms with Crippen LogP contribution < -0.4 is 25.8 Å². The summed E-state index contributed by atoms with van der Waals surface area (Å²) in [7, 11) is 2.87. The Balaban J connectivity index is 1.61. The van der Waals surface area contributed by atoms with E-state index in [1.165, 1.54) is 31.2 Å². The summed E-state index contributed by atoms with van der Waals surface area (Å²) in [5, 5.41) is 14.0. The zero-order chi connectivity index (χ0) is 28.6. The number of ether oxygens (including phenoxy) is 2.